The smallest absolute Gasteiger partial charge is 0.191 e. The van der Waals surface area contributed by atoms with Gasteiger partial charge in [0.1, 0.15) is 0 Å². The van der Waals surface area contributed by atoms with Crippen LogP contribution in [0.1, 0.15) is 62.9 Å². The van der Waals surface area contributed by atoms with Gasteiger partial charge in [0.25, 0.3) is 0 Å². The molecule has 1 unspecified atom stereocenters. The molecule has 1 aromatic rings. The van der Waals surface area contributed by atoms with E-state index in [0.29, 0.717) is 6.04 Å². The molecule has 0 spiro atoms. The molecule has 1 heterocycles. The zero-order valence-electron chi connectivity index (χ0n) is 16.3. The number of hydrogen-bond donors (Lipinski definition) is 2. The van der Waals surface area contributed by atoms with Crippen molar-refractivity contribution in [3.8, 4) is 0 Å². The molecule has 2 N–H and O–H groups in total. The van der Waals surface area contributed by atoms with Gasteiger partial charge in [-0.2, -0.15) is 5.10 Å². The first-order chi connectivity index (χ1) is 11.0. The maximum absolute atomic E-state index is 4.47. The lowest BCUT2D eigenvalue weighted by atomic mass is 10.1. The van der Waals surface area contributed by atoms with Crippen LogP contribution in [-0.2, 0) is 13.5 Å². The summed E-state index contributed by atoms with van der Waals surface area (Å²) in [5, 5.41) is 11.4. The molecule has 1 rings (SSSR count). The number of nitrogens with zero attached hydrogens (tertiary/aromatic N) is 3. The fourth-order valence-corrected chi connectivity index (χ4v) is 2.86. The third-order valence-corrected chi connectivity index (χ3v) is 4.42. The Balaban J connectivity index is 0.00000529. The average Bonchev–Trinajstić information content (AvgIpc) is 2.76. The van der Waals surface area contributed by atoms with Crippen LogP contribution in [0.4, 0.5) is 0 Å². The first-order valence-corrected chi connectivity index (χ1v) is 8.95. The lowest BCUT2D eigenvalue weighted by molar-refractivity contribution is 0.537. The van der Waals surface area contributed by atoms with E-state index < -0.39 is 0 Å². The summed E-state index contributed by atoms with van der Waals surface area (Å²) in [6.07, 6.45) is 7.40. The molecule has 140 valence electrons. The second kappa shape index (κ2) is 12.6. The van der Waals surface area contributed by atoms with Crippen molar-refractivity contribution in [3.63, 3.8) is 0 Å². The van der Waals surface area contributed by atoms with E-state index in [4.69, 9.17) is 0 Å². The Hall–Kier alpha value is -0.790. The van der Waals surface area contributed by atoms with E-state index in [9.17, 15) is 0 Å². The van der Waals surface area contributed by atoms with E-state index in [1.54, 1.807) is 0 Å². The van der Waals surface area contributed by atoms with Crippen molar-refractivity contribution in [3.05, 3.63) is 17.0 Å². The van der Waals surface area contributed by atoms with Gasteiger partial charge in [0.15, 0.2) is 5.96 Å². The predicted molar refractivity (Wildman–Crippen MR) is 115 cm³/mol. The third-order valence-electron chi connectivity index (χ3n) is 4.42. The quantitative estimate of drug-likeness (QED) is 0.262. The van der Waals surface area contributed by atoms with E-state index in [1.807, 2.05) is 18.8 Å². The van der Waals surface area contributed by atoms with E-state index in [1.165, 1.54) is 43.4 Å². The molecule has 0 amide bonds. The maximum Gasteiger partial charge on any atom is 0.191 e. The molecule has 5 nitrogen and oxygen atoms in total. The van der Waals surface area contributed by atoms with Gasteiger partial charge in [-0.15, -0.1) is 24.0 Å². The van der Waals surface area contributed by atoms with Crippen molar-refractivity contribution in [2.24, 2.45) is 12.0 Å². The molecule has 0 aromatic carbocycles. The molecule has 0 aliphatic heterocycles. The number of aryl methyl sites for hydroxylation is 2. The highest BCUT2D eigenvalue weighted by atomic mass is 127. The molecule has 0 aliphatic carbocycles. The van der Waals surface area contributed by atoms with Crippen molar-refractivity contribution < 1.29 is 0 Å². The van der Waals surface area contributed by atoms with Gasteiger partial charge >= 0.3 is 0 Å². The molecule has 6 heteroatoms. The zero-order valence-corrected chi connectivity index (χ0v) is 18.6. The van der Waals surface area contributed by atoms with E-state index in [2.05, 4.69) is 48.4 Å². The van der Waals surface area contributed by atoms with E-state index >= 15 is 0 Å². The monoisotopic (exact) mass is 449 g/mol. The molecule has 0 radical (unpaired) electrons. The fourth-order valence-electron chi connectivity index (χ4n) is 2.86. The summed E-state index contributed by atoms with van der Waals surface area (Å²) in [6, 6.07) is 0.458. The number of aromatic nitrogens is 2. The molecule has 0 fully saturated rings. The van der Waals surface area contributed by atoms with E-state index in [-0.39, 0.29) is 24.0 Å². The van der Waals surface area contributed by atoms with Crippen molar-refractivity contribution in [1.82, 2.24) is 20.4 Å². The number of halogens is 1. The van der Waals surface area contributed by atoms with Gasteiger partial charge in [-0.1, -0.05) is 32.6 Å². The number of unbranched alkanes of at least 4 members (excludes halogenated alkanes) is 3. The Kier molecular flexibility index (Phi) is 12.1. The number of rotatable bonds is 9. The number of nitrogens with one attached hydrogen (secondary N) is 2. The van der Waals surface area contributed by atoms with Gasteiger partial charge in [-0.25, -0.2) is 0 Å². The standard InChI is InChI=1S/C18H35N5.HI/c1-7-8-9-10-11-14(2)21-18(19-5)20-13-12-17-15(3)22-23(6)16(17)4;/h14H,7-13H2,1-6H3,(H2,19,20,21);1H. The van der Waals surface area contributed by atoms with Gasteiger partial charge in [-0.05, 0) is 39.2 Å². The lowest BCUT2D eigenvalue weighted by Crippen LogP contribution is -2.42. The minimum atomic E-state index is 0. The van der Waals surface area contributed by atoms with E-state index in [0.717, 1.165) is 24.6 Å². The average molecular weight is 449 g/mol. The third kappa shape index (κ3) is 7.85. The molecule has 0 saturated heterocycles. The van der Waals surface area contributed by atoms with Crippen molar-refractivity contribution in [2.45, 2.75) is 72.3 Å². The van der Waals surface area contributed by atoms with Crippen molar-refractivity contribution in [1.29, 1.82) is 0 Å². The topological polar surface area (TPSA) is 54.2 Å². The fraction of sp³-hybridized carbons (Fsp3) is 0.778. The molecule has 1 atom stereocenters. The van der Waals surface area contributed by atoms with Crippen molar-refractivity contribution in [2.75, 3.05) is 13.6 Å². The van der Waals surface area contributed by atoms with Crippen LogP contribution in [0.25, 0.3) is 0 Å². The number of hydrogen-bond acceptors (Lipinski definition) is 2. The van der Waals surface area contributed by atoms with Crippen LogP contribution in [0.2, 0.25) is 0 Å². The summed E-state index contributed by atoms with van der Waals surface area (Å²) in [5.74, 6) is 0.896. The molecule has 0 saturated carbocycles. The summed E-state index contributed by atoms with van der Waals surface area (Å²) in [7, 11) is 3.83. The van der Waals surface area contributed by atoms with Gasteiger partial charge < -0.3 is 10.6 Å². The highest BCUT2D eigenvalue weighted by Crippen LogP contribution is 2.11. The highest BCUT2D eigenvalue weighted by molar-refractivity contribution is 14.0. The summed E-state index contributed by atoms with van der Waals surface area (Å²) >= 11 is 0. The lowest BCUT2D eigenvalue weighted by Gasteiger charge is -2.18. The number of guanidine groups is 1. The Morgan fingerprint density at radius 1 is 1.25 bits per heavy atom. The van der Waals surface area contributed by atoms with Crippen LogP contribution in [-0.4, -0.2) is 35.4 Å². The van der Waals surface area contributed by atoms with Crippen molar-refractivity contribution >= 4 is 29.9 Å². The second-order valence-corrected chi connectivity index (χ2v) is 6.42. The summed E-state index contributed by atoms with van der Waals surface area (Å²) in [5.41, 5.74) is 3.71. The van der Waals surface area contributed by atoms with Crippen LogP contribution in [0.5, 0.6) is 0 Å². The molecule has 24 heavy (non-hydrogen) atoms. The zero-order chi connectivity index (χ0) is 17.2. The van der Waals surface area contributed by atoms with Crippen LogP contribution in [0.15, 0.2) is 4.99 Å². The van der Waals surface area contributed by atoms with Crippen LogP contribution in [0, 0.1) is 13.8 Å². The number of aliphatic imine (C=N–C) groups is 1. The largest absolute Gasteiger partial charge is 0.356 e. The molecule has 1 aromatic heterocycles. The Morgan fingerprint density at radius 2 is 1.96 bits per heavy atom. The SMILES string of the molecule is CCCCCCC(C)NC(=NC)NCCc1c(C)nn(C)c1C.I. The molecule has 0 aliphatic rings. The van der Waals surface area contributed by atoms with Gasteiger partial charge in [0, 0.05) is 32.4 Å². The van der Waals surface area contributed by atoms with Crippen LogP contribution < -0.4 is 10.6 Å². The predicted octanol–water partition coefficient (Wildman–Crippen LogP) is 3.72. The van der Waals surface area contributed by atoms with Gasteiger partial charge in [0.2, 0.25) is 0 Å². The summed E-state index contributed by atoms with van der Waals surface area (Å²) < 4.78 is 1.95. The molecular weight excluding hydrogens is 413 g/mol. The molecular formula is C18H36IN5. The molecule has 0 bridgehead atoms. The minimum Gasteiger partial charge on any atom is -0.356 e. The van der Waals surface area contributed by atoms with Crippen LogP contribution >= 0.6 is 24.0 Å². The Labute approximate surface area is 165 Å². The van der Waals surface area contributed by atoms with Crippen LogP contribution in [0.3, 0.4) is 0 Å². The summed E-state index contributed by atoms with van der Waals surface area (Å²) in [4.78, 5) is 4.33. The Morgan fingerprint density at radius 3 is 2.50 bits per heavy atom. The van der Waals surface area contributed by atoms with Gasteiger partial charge in [0.05, 0.1) is 5.69 Å². The normalized spacial score (nSPS) is 12.7. The summed E-state index contributed by atoms with van der Waals surface area (Å²) in [6.45, 7) is 9.55. The first kappa shape index (κ1) is 23.2. The first-order valence-electron chi connectivity index (χ1n) is 8.95. The maximum atomic E-state index is 4.47. The van der Waals surface area contributed by atoms with Gasteiger partial charge in [-0.3, -0.25) is 9.67 Å². The minimum absolute atomic E-state index is 0. The second-order valence-electron chi connectivity index (χ2n) is 6.42. The highest BCUT2D eigenvalue weighted by Gasteiger charge is 2.10. The Bertz CT molecular complexity index is 496.